The molecular formula is C15H22Cl2N2O. The van der Waals surface area contributed by atoms with Gasteiger partial charge in [0, 0.05) is 41.8 Å². The highest BCUT2D eigenvalue weighted by atomic mass is 35.5. The molecule has 1 rings (SSSR count). The van der Waals surface area contributed by atoms with Crippen molar-refractivity contribution in [3.8, 4) is 0 Å². The van der Waals surface area contributed by atoms with E-state index in [1.165, 1.54) is 0 Å². The molecule has 0 aliphatic rings. The lowest BCUT2D eigenvalue weighted by Gasteiger charge is -2.21. The highest BCUT2D eigenvalue weighted by molar-refractivity contribution is 6.35. The Labute approximate surface area is 131 Å². The van der Waals surface area contributed by atoms with Crippen LogP contribution in [0.5, 0.6) is 0 Å². The van der Waals surface area contributed by atoms with E-state index < -0.39 is 0 Å². The van der Waals surface area contributed by atoms with E-state index in [9.17, 15) is 4.79 Å². The average Bonchev–Trinajstić information content (AvgIpc) is 2.37. The van der Waals surface area contributed by atoms with E-state index in [0.717, 1.165) is 31.6 Å². The maximum Gasteiger partial charge on any atom is 0.224 e. The molecule has 3 nitrogen and oxygen atoms in total. The van der Waals surface area contributed by atoms with E-state index in [2.05, 4.69) is 19.2 Å². The lowest BCUT2D eigenvalue weighted by molar-refractivity contribution is -0.131. The van der Waals surface area contributed by atoms with Gasteiger partial charge in [-0.25, -0.2) is 0 Å². The predicted octanol–water partition coefficient (Wildman–Crippen LogP) is 4.44. The van der Waals surface area contributed by atoms with Gasteiger partial charge in [-0.05, 0) is 31.0 Å². The van der Waals surface area contributed by atoms with Crippen molar-refractivity contribution in [3.05, 3.63) is 28.2 Å². The standard InChI is InChI=1S/C15H22Cl2N2O/c1-3-7-19(8-4-2)15(20)5-6-18-14-10-12(16)9-13(17)11-14/h9-11,18H,3-8H2,1-2H3. The van der Waals surface area contributed by atoms with Gasteiger partial charge in [0.2, 0.25) is 5.91 Å². The maximum atomic E-state index is 12.1. The quantitative estimate of drug-likeness (QED) is 0.768. The van der Waals surface area contributed by atoms with Crippen molar-refractivity contribution in [1.29, 1.82) is 0 Å². The lowest BCUT2D eigenvalue weighted by atomic mass is 10.2. The molecule has 0 radical (unpaired) electrons. The summed E-state index contributed by atoms with van der Waals surface area (Å²) in [6, 6.07) is 5.28. The molecule has 1 N–H and O–H groups in total. The molecule has 0 fully saturated rings. The molecule has 1 aromatic rings. The second kappa shape index (κ2) is 9.09. The van der Waals surface area contributed by atoms with Crippen LogP contribution in [0.1, 0.15) is 33.1 Å². The third-order valence-corrected chi connectivity index (χ3v) is 3.31. The van der Waals surface area contributed by atoms with Crippen molar-refractivity contribution >= 4 is 34.8 Å². The van der Waals surface area contributed by atoms with Gasteiger partial charge in [0.1, 0.15) is 0 Å². The molecule has 0 atom stereocenters. The summed E-state index contributed by atoms with van der Waals surface area (Å²) in [5, 5.41) is 4.36. The summed E-state index contributed by atoms with van der Waals surface area (Å²) in [5.74, 6) is 0.189. The first-order valence-corrected chi connectivity index (χ1v) is 7.80. The zero-order valence-electron chi connectivity index (χ0n) is 12.1. The highest BCUT2D eigenvalue weighted by Crippen LogP contribution is 2.22. The minimum atomic E-state index is 0.189. The fourth-order valence-electron chi connectivity index (χ4n) is 2.03. The van der Waals surface area contributed by atoms with Crippen LogP contribution in [-0.2, 0) is 4.79 Å². The van der Waals surface area contributed by atoms with Crippen LogP contribution in [0.15, 0.2) is 18.2 Å². The van der Waals surface area contributed by atoms with Crippen molar-refractivity contribution in [3.63, 3.8) is 0 Å². The first-order chi connectivity index (χ1) is 9.56. The van der Waals surface area contributed by atoms with Crippen molar-refractivity contribution in [2.45, 2.75) is 33.1 Å². The van der Waals surface area contributed by atoms with E-state index >= 15 is 0 Å². The van der Waals surface area contributed by atoms with Gasteiger partial charge in [0.05, 0.1) is 0 Å². The SMILES string of the molecule is CCCN(CCC)C(=O)CCNc1cc(Cl)cc(Cl)c1. The number of benzene rings is 1. The van der Waals surface area contributed by atoms with Crippen LogP contribution in [-0.4, -0.2) is 30.4 Å². The lowest BCUT2D eigenvalue weighted by Crippen LogP contribution is -2.33. The number of amides is 1. The Morgan fingerprint density at radius 2 is 1.65 bits per heavy atom. The van der Waals surface area contributed by atoms with Crippen molar-refractivity contribution < 1.29 is 4.79 Å². The second-order valence-electron chi connectivity index (χ2n) is 4.72. The number of carbonyl (C=O) groups excluding carboxylic acids is 1. The Hall–Kier alpha value is -0.930. The Morgan fingerprint density at radius 1 is 1.10 bits per heavy atom. The van der Waals surface area contributed by atoms with Crippen molar-refractivity contribution in [2.75, 3.05) is 25.0 Å². The third-order valence-electron chi connectivity index (χ3n) is 2.87. The van der Waals surface area contributed by atoms with Gasteiger partial charge >= 0.3 is 0 Å². The van der Waals surface area contributed by atoms with E-state index in [1.54, 1.807) is 18.2 Å². The number of nitrogens with one attached hydrogen (secondary N) is 1. The van der Waals surface area contributed by atoms with E-state index in [0.29, 0.717) is 23.0 Å². The Balaban J connectivity index is 2.44. The smallest absolute Gasteiger partial charge is 0.224 e. The molecule has 112 valence electrons. The largest absolute Gasteiger partial charge is 0.384 e. The van der Waals surface area contributed by atoms with Gasteiger partial charge in [-0.15, -0.1) is 0 Å². The molecule has 0 heterocycles. The monoisotopic (exact) mass is 316 g/mol. The number of hydrogen-bond acceptors (Lipinski definition) is 2. The molecule has 1 amide bonds. The van der Waals surface area contributed by atoms with Crippen LogP contribution in [0.3, 0.4) is 0 Å². The van der Waals surface area contributed by atoms with Crippen LogP contribution < -0.4 is 5.32 Å². The first-order valence-electron chi connectivity index (χ1n) is 7.04. The molecule has 0 unspecified atom stereocenters. The molecular weight excluding hydrogens is 295 g/mol. The van der Waals surface area contributed by atoms with Crippen LogP contribution in [0.2, 0.25) is 10.0 Å². The first kappa shape index (κ1) is 17.1. The van der Waals surface area contributed by atoms with Gasteiger partial charge in [-0.1, -0.05) is 37.0 Å². The van der Waals surface area contributed by atoms with Gasteiger partial charge < -0.3 is 10.2 Å². The summed E-state index contributed by atoms with van der Waals surface area (Å²) in [5.41, 5.74) is 0.841. The van der Waals surface area contributed by atoms with E-state index in [4.69, 9.17) is 23.2 Å². The molecule has 0 saturated heterocycles. The highest BCUT2D eigenvalue weighted by Gasteiger charge is 2.10. The molecule has 0 aliphatic heterocycles. The molecule has 0 bridgehead atoms. The Bertz CT molecular complexity index is 412. The van der Waals surface area contributed by atoms with E-state index in [1.807, 2.05) is 4.90 Å². The summed E-state index contributed by atoms with van der Waals surface area (Å²) in [6.07, 6.45) is 2.45. The third kappa shape index (κ3) is 6.02. The normalized spacial score (nSPS) is 10.4. The molecule has 0 aliphatic carbocycles. The summed E-state index contributed by atoms with van der Waals surface area (Å²) >= 11 is 11.8. The summed E-state index contributed by atoms with van der Waals surface area (Å²) < 4.78 is 0. The summed E-state index contributed by atoms with van der Waals surface area (Å²) in [4.78, 5) is 14.0. The number of anilines is 1. The van der Waals surface area contributed by atoms with Crippen molar-refractivity contribution in [2.24, 2.45) is 0 Å². The van der Waals surface area contributed by atoms with Crippen molar-refractivity contribution in [1.82, 2.24) is 4.90 Å². The zero-order valence-corrected chi connectivity index (χ0v) is 13.6. The molecule has 1 aromatic carbocycles. The number of rotatable bonds is 8. The second-order valence-corrected chi connectivity index (χ2v) is 5.59. The number of carbonyl (C=O) groups is 1. The Morgan fingerprint density at radius 3 is 2.15 bits per heavy atom. The van der Waals surface area contributed by atoms with Crippen LogP contribution in [0.25, 0.3) is 0 Å². The molecule has 20 heavy (non-hydrogen) atoms. The van der Waals surface area contributed by atoms with Gasteiger partial charge in [0.15, 0.2) is 0 Å². The fourth-order valence-corrected chi connectivity index (χ4v) is 2.55. The fraction of sp³-hybridized carbons (Fsp3) is 0.533. The van der Waals surface area contributed by atoms with Gasteiger partial charge in [-0.3, -0.25) is 4.79 Å². The summed E-state index contributed by atoms with van der Waals surface area (Å²) in [6.45, 7) is 6.41. The maximum absolute atomic E-state index is 12.1. The minimum Gasteiger partial charge on any atom is -0.384 e. The van der Waals surface area contributed by atoms with Gasteiger partial charge in [-0.2, -0.15) is 0 Å². The zero-order chi connectivity index (χ0) is 15.0. The summed E-state index contributed by atoms with van der Waals surface area (Å²) in [7, 11) is 0. The molecule has 5 heteroatoms. The predicted molar refractivity (Wildman–Crippen MR) is 86.7 cm³/mol. The van der Waals surface area contributed by atoms with E-state index in [-0.39, 0.29) is 5.91 Å². The van der Waals surface area contributed by atoms with Crippen LogP contribution in [0, 0.1) is 0 Å². The topological polar surface area (TPSA) is 32.3 Å². The van der Waals surface area contributed by atoms with Gasteiger partial charge in [0.25, 0.3) is 0 Å². The molecule has 0 aromatic heterocycles. The van der Waals surface area contributed by atoms with Crippen LogP contribution >= 0.6 is 23.2 Å². The number of halogens is 2. The minimum absolute atomic E-state index is 0.189. The average molecular weight is 317 g/mol. The number of hydrogen-bond donors (Lipinski definition) is 1. The molecule has 0 saturated carbocycles. The molecule has 0 spiro atoms. The van der Waals surface area contributed by atoms with Crippen LogP contribution in [0.4, 0.5) is 5.69 Å². The number of nitrogens with zero attached hydrogens (tertiary/aromatic N) is 1. The Kier molecular flexibility index (Phi) is 7.78.